The van der Waals surface area contributed by atoms with Crippen molar-refractivity contribution in [1.29, 1.82) is 0 Å². The molecule has 262 valence electrons. The summed E-state index contributed by atoms with van der Waals surface area (Å²) in [6.45, 7) is 33.1. The van der Waals surface area contributed by atoms with Gasteiger partial charge in [0.15, 0.2) is 0 Å². The normalized spacial score (nSPS) is 15.4. The Morgan fingerprint density at radius 1 is 0.744 bits per heavy atom. The van der Waals surface area contributed by atoms with E-state index in [4.69, 9.17) is 4.74 Å². The van der Waals surface area contributed by atoms with Crippen molar-refractivity contribution >= 4 is 11.3 Å². The maximum atomic E-state index is 11.1. The first-order valence-corrected chi connectivity index (χ1v) is 19.0. The van der Waals surface area contributed by atoms with Gasteiger partial charge in [-0.15, -0.1) is 11.3 Å². The molecule has 0 radical (unpaired) electrons. The quantitative estimate of drug-likeness (QED) is 0.314. The van der Waals surface area contributed by atoms with Crippen molar-refractivity contribution in [1.82, 2.24) is 0 Å². The van der Waals surface area contributed by atoms with Crippen LogP contribution in [0.2, 0.25) is 0 Å². The van der Waals surface area contributed by atoms with Gasteiger partial charge in [0.2, 0.25) is 0 Å². The van der Waals surface area contributed by atoms with Crippen LogP contribution in [0.25, 0.3) is 0 Å². The van der Waals surface area contributed by atoms with E-state index in [2.05, 4.69) is 108 Å². The van der Waals surface area contributed by atoms with Gasteiger partial charge in [-0.3, -0.25) is 4.39 Å². The third-order valence-corrected chi connectivity index (χ3v) is 7.70. The number of thiophene rings is 1. The van der Waals surface area contributed by atoms with Crippen molar-refractivity contribution in [2.75, 3.05) is 20.4 Å². The van der Waals surface area contributed by atoms with Crippen molar-refractivity contribution in [3.63, 3.8) is 0 Å². The molecule has 0 aromatic carbocycles. The minimum atomic E-state index is -0.194. The summed E-state index contributed by atoms with van der Waals surface area (Å²) in [5, 5.41) is 2.12. The summed E-state index contributed by atoms with van der Waals surface area (Å²) in [4.78, 5) is 1.48. The van der Waals surface area contributed by atoms with Crippen molar-refractivity contribution in [3.8, 4) is 0 Å². The van der Waals surface area contributed by atoms with Crippen LogP contribution in [-0.4, -0.2) is 20.4 Å². The van der Waals surface area contributed by atoms with Crippen LogP contribution in [0.3, 0.4) is 0 Å². The van der Waals surface area contributed by atoms with Gasteiger partial charge in [-0.1, -0.05) is 161 Å². The summed E-state index contributed by atoms with van der Waals surface area (Å²) >= 11 is 1.83. The van der Waals surface area contributed by atoms with Gasteiger partial charge in [0.1, 0.15) is 0 Å². The summed E-state index contributed by atoms with van der Waals surface area (Å²) in [5.74, 6) is 6.61. The highest BCUT2D eigenvalue weighted by Gasteiger charge is 2.23. The Morgan fingerprint density at radius 3 is 1.21 bits per heavy atom. The lowest BCUT2D eigenvalue weighted by molar-refractivity contribution is 0.167. The molecule has 0 unspecified atom stereocenters. The van der Waals surface area contributed by atoms with Crippen LogP contribution in [0.1, 0.15) is 179 Å². The molecule has 3 aliphatic carbocycles. The molecule has 0 atom stereocenters. The molecule has 0 amide bonds. The summed E-state index contributed by atoms with van der Waals surface area (Å²) in [7, 11) is 1.72. The second-order valence-corrected chi connectivity index (χ2v) is 16.0. The van der Waals surface area contributed by atoms with E-state index in [0.29, 0.717) is 11.8 Å². The average molecular weight is 631 g/mol. The Bertz CT molecular complexity index is 573. The van der Waals surface area contributed by atoms with Crippen molar-refractivity contribution in [2.45, 2.75) is 174 Å². The predicted octanol–water partition coefficient (Wildman–Crippen LogP) is 14.9. The second kappa shape index (κ2) is 36.1. The zero-order chi connectivity index (χ0) is 34.2. The third-order valence-electron chi connectivity index (χ3n) is 6.52. The first-order valence-electron chi connectivity index (χ1n) is 18.2. The fraction of sp³-hybridized carbons (Fsp3) is 0.900. The molecule has 0 bridgehead atoms. The molecule has 3 aliphatic rings. The summed E-state index contributed by atoms with van der Waals surface area (Å²) in [6, 6.07) is 4.27. The Balaban J connectivity index is -0.000000205. The number of methoxy groups -OCH3 is 1. The van der Waals surface area contributed by atoms with E-state index >= 15 is 0 Å². The molecule has 43 heavy (non-hydrogen) atoms. The lowest BCUT2D eigenvalue weighted by Crippen LogP contribution is -2.04. The minimum absolute atomic E-state index is 0.194. The molecular weight excluding hydrogens is 548 g/mol. The standard InChI is InChI=1S/C7H10S.2C6H12.C5H12O.C5H10.C4H9F.C4H10.C3H8/c1-6(2)7-4-3-5-8-7;1-5(2)6-3-4-6;1-6-4-2-3-5-6;1-5(2)4-6-3;1-5-3-2-4-5;1-4(2)3-5;1-4(2)3;1-3-2/h3-6H,1-2H3;5-6H,3-4H2,1-2H3;6H,2-5H2,1H3;5H,4H2,1-3H3;5H,2-4H2,1H3;4H,3H2,1-2H3;4H,1-3H3;3H2,1-2H3. The number of halogens is 1. The van der Waals surface area contributed by atoms with E-state index in [1.54, 1.807) is 7.11 Å². The number of rotatable bonds is 5. The molecule has 0 aliphatic heterocycles. The Morgan fingerprint density at radius 2 is 1.14 bits per heavy atom. The van der Waals surface area contributed by atoms with Crippen LogP contribution in [0.5, 0.6) is 0 Å². The molecule has 0 N–H and O–H groups in total. The van der Waals surface area contributed by atoms with E-state index in [9.17, 15) is 4.39 Å². The highest BCUT2D eigenvalue weighted by Crippen LogP contribution is 2.35. The highest BCUT2D eigenvalue weighted by molar-refractivity contribution is 7.10. The van der Waals surface area contributed by atoms with E-state index in [1.165, 1.54) is 69.1 Å². The number of ether oxygens (including phenoxy) is 1. The van der Waals surface area contributed by atoms with Gasteiger partial charge < -0.3 is 4.74 Å². The van der Waals surface area contributed by atoms with Gasteiger partial charge in [0.25, 0.3) is 0 Å². The van der Waals surface area contributed by atoms with Crippen LogP contribution in [-0.2, 0) is 4.74 Å². The van der Waals surface area contributed by atoms with Crippen LogP contribution in [0, 0.1) is 41.4 Å². The number of alkyl halides is 1. The molecule has 0 spiro atoms. The van der Waals surface area contributed by atoms with Crippen LogP contribution in [0.4, 0.5) is 4.39 Å². The fourth-order valence-corrected chi connectivity index (χ4v) is 4.20. The Hall–Kier alpha value is -0.410. The second-order valence-electron chi connectivity index (χ2n) is 15.0. The van der Waals surface area contributed by atoms with Crippen LogP contribution in [0.15, 0.2) is 17.5 Å². The van der Waals surface area contributed by atoms with Gasteiger partial charge in [-0.2, -0.15) is 0 Å². The molecular formula is C40H83FOS. The molecule has 3 saturated carbocycles. The van der Waals surface area contributed by atoms with Crippen LogP contribution < -0.4 is 0 Å². The lowest BCUT2D eigenvalue weighted by atomic mass is 9.88. The Kier molecular flexibility index (Phi) is 41.5. The van der Waals surface area contributed by atoms with E-state index in [-0.39, 0.29) is 12.6 Å². The zero-order valence-corrected chi connectivity index (χ0v) is 33.3. The number of hydrogen-bond acceptors (Lipinski definition) is 2. The van der Waals surface area contributed by atoms with Gasteiger partial charge in [0.05, 0.1) is 6.67 Å². The van der Waals surface area contributed by atoms with E-state index in [1.807, 2.05) is 25.2 Å². The van der Waals surface area contributed by atoms with Gasteiger partial charge in [-0.05, 0) is 71.6 Å². The maximum absolute atomic E-state index is 11.1. The zero-order valence-electron chi connectivity index (χ0n) is 32.5. The molecule has 3 fully saturated rings. The molecule has 3 heteroatoms. The monoisotopic (exact) mass is 631 g/mol. The molecule has 1 aromatic heterocycles. The summed E-state index contributed by atoms with van der Waals surface area (Å²) < 4.78 is 15.9. The third kappa shape index (κ3) is 51.5. The van der Waals surface area contributed by atoms with Crippen LogP contribution >= 0.6 is 11.3 Å². The van der Waals surface area contributed by atoms with Gasteiger partial charge in [-0.25, -0.2) is 0 Å². The smallest absolute Gasteiger partial charge is 0.0917 e. The first-order chi connectivity index (χ1) is 20.1. The fourth-order valence-electron chi connectivity index (χ4n) is 3.46. The van der Waals surface area contributed by atoms with E-state index in [0.717, 1.165) is 36.2 Å². The average Bonchev–Trinajstić information content (AvgIpc) is 3.39. The predicted molar refractivity (Wildman–Crippen MR) is 201 cm³/mol. The Labute approximate surface area is 278 Å². The van der Waals surface area contributed by atoms with Crippen molar-refractivity contribution in [3.05, 3.63) is 22.4 Å². The van der Waals surface area contributed by atoms with Crippen molar-refractivity contribution < 1.29 is 9.13 Å². The largest absolute Gasteiger partial charge is 0.384 e. The maximum Gasteiger partial charge on any atom is 0.0917 e. The first kappa shape index (κ1) is 49.5. The van der Waals surface area contributed by atoms with E-state index < -0.39 is 0 Å². The lowest BCUT2D eigenvalue weighted by Gasteiger charge is -2.18. The minimum Gasteiger partial charge on any atom is -0.384 e. The summed E-state index contributed by atoms with van der Waals surface area (Å²) in [6.07, 6.45) is 14.7. The highest BCUT2D eigenvalue weighted by atomic mass is 32.1. The topological polar surface area (TPSA) is 9.23 Å². The van der Waals surface area contributed by atoms with Gasteiger partial charge in [0, 0.05) is 18.6 Å². The van der Waals surface area contributed by atoms with Gasteiger partial charge >= 0.3 is 0 Å². The number of hydrogen-bond donors (Lipinski definition) is 0. The SMILES string of the molecule is CC(C)C.CC(C)C1CC1.CC(C)CF.CC(C)c1cccs1.CC1CCC1.CC1CCCC1.CCC.COCC(C)C. The van der Waals surface area contributed by atoms with Crippen molar-refractivity contribution in [2.24, 2.45) is 41.4 Å². The molecule has 0 saturated heterocycles. The molecule has 1 aromatic rings. The molecule has 1 heterocycles. The molecule has 4 rings (SSSR count). The summed E-state index contributed by atoms with van der Waals surface area (Å²) in [5.41, 5.74) is 0. The molecule has 1 nitrogen and oxygen atoms in total.